The summed E-state index contributed by atoms with van der Waals surface area (Å²) >= 11 is 0. The molecule has 0 aliphatic heterocycles. The number of benzene rings is 2. The van der Waals surface area contributed by atoms with Crippen LogP contribution in [0.25, 0.3) is 0 Å². The van der Waals surface area contributed by atoms with Crippen molar-refractivity contribution in [3.63, 3.8) is 0 Å². The van der Waals surface area contributed by atoms with Crippen LogP contribution in [-0.4, -0.2) is 31.1 Å². The number of ether oxygens (including phenoxy) is 1. The van der Waals surface area contributed by atoms with Gasteiger partial charge >= 0.3 is 0 Å². The summed E-state index contributed by atoms with van der Waals surface area (Å²) in [6, 6.07) is 17.6. The van der Waals surface area contributed by atoms with Gasteiger partial charge in [-0.2, -0.15) is 0 Å². The average molecular weight is 363 g/mol. The second-order valence-electron chi connectivity index (χ2n) is 5.81. The number of hydrogen-bond acceptors (Lipinski definition) is 3. The van der Waals surface area contributed by atoms with Crippen molar-refractivity contribution in [2.75, 3.05) is 20.3 Å². The van der Waals surface area contributed by atoms with E-state index in [1.165, 1.54) is 0 Å². The minimum atomic E-state index is 0. The molecule has 25 heavy (non-hydrogen) atoms. The lowest BCUT2D eigenvalue weighted by atomic mass is 10.1. The van der Waals surface area contributed by atoms with Crippen molar-refractivity contribution in [3.8, 4) is 0 Å². The van der Waals surface area contributed by atoms with Gasteiger partial charge in [-0.15, -0.1) is 12.4 Å². The van der Waals surface area contributed by atoms with Gasteiger partial charge in [-0.3, -0.25) is 4.79 Å². The summed E-state index contributed by atoms with van der Waals surface area (Å²) in [5.41, 5.74) is 8.49. The lowest BCUT2D eigenvalue weighted by Gasteiger charge is -2.23. The van der Waals surface area contributed by atoms with Gasteiger partial charge in [0, 0.05) is 38.9 Å². The van der Waals surface area contributed by atoms with Gasteiger partial charge in [-0.05, 0) is 36.1 Å². The molecule has 0 aliphatic rings. The van der Waals surface area contributed by atoms with Crippen LogP contribution >= 0.6 is 12.4 Å². The molecule has 0 bridgehead atoms. The molecule has 136 valence electrons. The first-order valence-corrected chi connectivity index (χ1v) is 8.35. The third-order valence-corrected chi connectivity index (χ3v) is 3.97. The summed E-state index contributed by atoms with van der Waals surface area (Å²) in [5.74, 6) is 0.0554. The number of hydrogen-bond donors (Lipinski definition) is 1. The van der Waals surface area contributed by atoms with Gasteiger partial charge in [0.05, 0.1) is 0 Å². The molecule has 2 N–H and O–H groups in total. The van der Waals surface area contributed by atoms with Crippen molar-refractivity contribution < 1.29 is 9.53 Å². The summed E-state index contributed by atoms with van der Waals surface area (Å²) in [7, 11) is 1.70. The summed E-state index contributed by atoms with van der Waals surface area (Å²) in [5, 5.41) is 0. The molecular weight excluding hydrogens is 336 g/mol. The summed E-state index contributed by atoms with van der Waals surface area (Å²) in [4.78, 5) is 14.8. The SMILES string of the molecule is COCCCCN(Cc1ccccc1)C(=O)c1ccc(CN)cc1.Cl. The Labute approximate surface area is 156 Å². The lowest BCUT2D eigenvalue weighted by molar-refractivity contribution is 0.0735. The second-order valence-corrected chi connectivity index (χ2v) is 5.81. The quantitative estimate of drug-likeness (QED) is 0.693. The van der Waals surface area contributed by atoms with Crippen LogP contribution in [0.5, 0.6) is 0 Å². The zero-order valence-corrected chi connectivity index (χ0v) is 15.5. The van der Waals surface area contributed by atoms with Crippen molar-refractivity contribution in [1.82, 2.24) is 4.90 Å². The van der Waals surface area contributed by atoms with Crippen LogP contribution in [0.3, 0.4) is 0 Å². The molecule has 0 saturated carbocycles. The fourth-order valence-corrected chi connectivity index (χ4v) is 2.57. The van der Waals surface area contributed by atoms with E-state index in [-0.39, 0.29) is 18.3 Å². The standard InChI is InChI=1S/C20H26N2O2.ClH/c1-24-14-6-5-13-22(16-18-7-3-2-4-8-18)20(23)19-11-9-17(15-21)10-12-19;/h2-4,7-12H,5-6,13-16,21H2,1H3;1H. The highest BCUT2D eigenvalue weighted by atomic mass is 35.5. The third kappa shape index (κ3) is 6.86. The zero-order chi connectivity index (χ0) is 17.2. The van der Waals surface area contributed by atoms with Crippen LogP contribution in [-0.2, 0) is 17.8 Å². The van der Waals surface area contributed by atoms with E-state index >= 15 is 0 Å². The first-order valence-electron chi connectivity index (χ1n) is 8.35. The second kappa shape index (κ2) is 11.6. The normalized spacial score (nSPS) is 10.2. The molecular formula is C20H27ClN2O2. The summed E-state index contributed by atoms with van der Waals surface area (Å²) in [6.45, 7) is 2.54. The van der Waals surface area contributed by atoms with Gasteiger partial charge in [0.25, 0.3) is 5.91 Å². The topological polar surface area (TPSA) is 55.6 Å². The van der Waals surface area contributed by atoms with Crippen molar-refractivity contribution in [2.45, 2.75) is 25.9 Å². The Kier molecular flexibility index (Phi) is 9.85. The number of unbranched alkanes of at least 4 members (excludes halogenated alkanes) is 1. The zero-order valence-electron chi connectivity index (χ0n) is 14.7. The van der Waals surface area contributed by atoms with E-state index in [1.807, 2.05) is 59.5 Å². The molecule has 2 rings (SSSR count). The van der Waals surface area contributed by atoms with Gasteiger partial charge in [-0.25, -0.2) is 0 Å². The Morgan fingerprint density at radius 3 is 2.28 bits per heavy atom. The fraction of sp³-hybridized carbons (Fsp3) is 0.350. The van der Waals surface area contributed by atoms with E-state index < -0.39 is 0 Å². The van der Waals surface area contributed by atoms with Crippen molar-refractivity contribution in [1.29, 1.82) is 0 Å². The molecule has 1 amide bonds. The van der Waals surface area contributed by atoms with E-state index in [9.17, 15) is 4.79 Å². The fourth-order valence-electron chi connectivity index (χ4n) is 2.57. The number of rotatable bonds is 9. The van der Waals surface area contributed by atoms with E-state index in [1.54, 1.807) is 7.11 Å². The molecule has 0 atom stereocenters. The van der Waals surface area contributed by atoms with Crippen LogP contribution in [0, 0.1) is 0 Å². The Balaban J connectivity index is 0.00000312. The number of nitrogens with two attached hydrogens (primary N) is 1. The molecule has 2 aromatic rings. The molecule has 0 spiro atoms. The molecule has 0 saturated heterocycles. The van der Waals surface area contributed by atoms with E-state index in [2.05, 4.69) is 0 Å². The Hall–Kier alpha value is -1.88. The lowest BCUT2D eigenvalue weighted by Crippen LogP contribution is -2.31. The summed E-state index contributed by atoms with van der Waals surface area (Å²) in [6.07, 6.45) is 1.87. The Morgan fingerprint density at radius 2 is 1.68 bits per heavy atom. The maximum absolute atomic E-state index is 12.9. The van der Waals surface area contributed by atoms with Crippen molar-refractivity contribution in [3.05, 3.63) is 71.3 Å². The van der Waals surface area contributed by atoms with Gasteiger partial charge in [-0.1, -0.05) is 42.5 Å². The minimum absolute atomic E-state index is 0. The summed E-state index contributed by atoms with van der Waals surface area (Å²) < 4.78 is 5.10. The van der Waals surface area contributed by atoms with Crippen molar-refractivity contribution in [2.24, 2.45) is 5.73 Å². The monoisotopic (exact) mass is 362 g/mol. The maximum atomic E-state index is 12.9. The molecule has 0 unspecified atom stereocenters. The number of nitrogens with zero attached hydrogens (tertiary/aromatic N) is 1. The highest BCUT2D eigenvalue weighted by molar-refractivity contribution is 5.94. The van der Waals surface area contributed by atoms with Crippen molar-refractivity contribution >= 4 is 18.3 Å². The third-order valence-electron chi connectivity index (χ3n) is 3.97. The Bertz CT molecular complexity index is 617. The predicted octanol–water partition coefficient (Wildman–Crippen LogP) is 3.64. The van der Waals surface area contributed by atoms with Gasteiger partial charge in [0.1, 0.15) is 0 Å². The molecule has 0 heterocycles. The smallest absolute Gasteiger partial charge is 0.254 e. The first kappa shape index (κ1) is 21.2. The van der Waals surface area contributed by atoms with Gasteiger partial charge < -0.3 is 15.4 Å². The van der Waals surface area contributed by atoms with Gasteiger partial charge in [0.15, 0.2) is 0 Å². The predicted molar refractivity (Wildman–Crippen MR) is 104 cm³/mol. The first-order chi connectivity index (χ1) is 11.7. The van der Waals surface area contributed by atoms with E-state index in [4.69, 9.17) is 10.5 Å². The number of amides is 1. The number of halogens is 1. The highest BCUT2D eigenvalue weighted by Gasteiger charge is 2.15. The number of carbonyl (C=O) groups excluding carboxylic acids is 1. The molecule has 5 heteroatoms. The number of methoxy groups -OCH3 is 1. The number of carbonyl (C=O) groups is 1. The van der Waals surface area contributed by atoms with Crippen LogP contribution < -0.4 is 5.73 Å². The minimum Gasteiger partial charge on any atom is -0.385 e. The maximum Gasteiger partial charge on any atom is 0.254 e. The van der Waals surface area contributed by atoms with Crippen LogP contribution in [0.15, 0.2) is 54.6 Å². The molecule has 0 fully saturated rings. The van der Waals surface area contributed by atoms with E-state index in [0.717, 1.165) is 37.1 Å². The molecule has 0 aromatic heterocycles. The molecule has 0 aliphatic carbocycles. The van der Waals surface area contributed by atoms with Gasteiger partial charge in [0.2, 0.25) is 0 Å². The molecule has 0 radical (unpaired) electrons. The average Bonchev–Trinajstić information content (AvgIpc) is 2.64. The molecule has 4 nitrogen and oxygen atoms in total. The van der Waals surface area contributed by atoms with E-state index in [0.29, 0.717) is 18.7 Å². The van der Waals surface area contributed by atoms with Crippen LogP contribution in [0.2, 0.25) is 0 Å². The highest BCUT2D eigenvalue weighted by Crippen LogP contribution is 2.12. The Morgan fingerprint density at radius 1 is 1.00 bits per heavy atom. The molecule has 2 aromatic carbocycles. The largest absolute Gasteiger partial charge is 0.385 e. The van der Waals surface area contributed by atoms with Crippen LogP contribution in [0.1, 0.15) is 34.3 Å². The van der Waals surface area contributed by atoms with Crippen LogP contribution in [0.4, 0.5) is 0 Å².